The standard InChI is InChI=1S/C23H28F2O3/c1-2-3-4-5-6-7-8-9-18-10-12-19(13-11-18)22(26)27-20-14-16-21(17-15-20)28-23(24)25/h10-17,23H,2-9H2,1H3. The highest BCUT2D eigenvalue weighted by molar-refractivity contribution is 5.91. The number of rotatable bonds is 12. The van der Waals surface area contributed by atoms with Gasteiger partial charge in [0.2, 0.25) is 0 Å². The summed E-state index contributed by atoms with van der Waals surface area (Å²) in [7, 11) is 0. The van der Waals surface area contributed by atoms with Crippen LogP contribution in [0.4, 0.5) is 8.78 Å². The van der Waals surface area contributed by atoms with Crippen LogP contribution in [0.1, 0.15) is 67.8 Å². The Kier molecular flexibility index (Phi) is 9.46. The van der Waals surface area contributed by atoms with Gasteiger partial charge in [-0.3, -0.25) is 0 Å². The molecule has 0 aromatic heterocycles. The Hall–Kier alpha value is -2.43. The van der Waals surface area contributed by atoms with Crippen LogP contribution in [0.25, 0.3) is 0 Å². The summed E-state index contributed by atoms with van der Waals surface area (Å²) in [6.07, 6.45) is 9.92. The van der Waals surface area contributed by atoms with Crippen molar-refractivity contribution in [3.63, 3.8) is 0 Å². The number of alkyl halides is 2. The quantitative estimate of drug-likeness (QED) is 0.227. The zero-order chi connectivity index (χ0) is 20.2. The summed E-state index contributed by atoms with van der Waals surface area (Å²) in [6, 6.07) is 12.9. The molecular formula is C23H28F2O3. The van der Waals surface area contributed by atoms with E-state index in [9.17, 15) is 13.6 Å². The zero-order valence-corrected chi connectivity index (χ0v) is 16.3. The van der Waals surface area contributed by atoms with Crippen molar-refractivity contribution in [1.82, 2.24) is 0 Å². The van der Waals surface area contributed by atoms with E-state index in [0.717, 1.165) is 12.8 Å². The number of esters is 1. The molecule has 152 valence electrons. The van der Waals surface area contributed by atoms with Crippen LogP contribution in [0, 0.1) is 0 Å². The summed E-state index contributed by atoms with van der Waals surface area (Å²) in [6.45, 7) is -0.658. The molecule has 0 bridgehead atoms. The Morgan fingerprint density at radius 1 is 0.821 bits per heavy atom. The molecule has 0 fully saturated rings. The Balaban J connectivity index is 1.75. The van der Waals surface area contributed by atoms with Crippen molar-refractivity contribution in [2.24, 2.45) is 0 Å². The van der Waals surface area contributed by atoms with Crippen LogP contribution in [0.5, 0.6) is 11.5 Å². The minimum absolute atomic E-state index is 0.0181. The maximum atomic E-state index is 12.2. The summed E-state index contributed by atoms with van der Waals surface area (Å²) in [5.41, 5.74) is 1.66. The van der Waals surface area contributed by atoms with Gasteiger partial charge in [0.25, 0.3) is 0 Å². The highest BCUT2D eigenvalue weighted by Crippen LogP contribution is 2.20. The largest absolute Gasteiger partial charge is 0.435 e. The van der Waals surface area contributed by atoms with Crippen LogP contribution in [0.3, 0.4) is 0 Å². The predicted octanol–water partition coefficient (Wildman–Crippen LogP) is 6.80. The van der Waals surface area contributed by atoms with Crippen LogP contribution in [-0.2, 0) is 6.42 Å². The molecular weight excluding hydrogens is 362 g/mol. The van der Waals surface area contributed by atoms with Gasteiger partial charge in [0, 0.05) is 0 Å². The molecule has 0 atom stereocenters. The monoisotopic (exact) mass is 390 g/mol. The first-order valence-electron chi connectivity index (χ1n) is 9.94. The van der Waals surface area contributed by atoms with Crippen LogP contribution in [-0.4, -0.2) is 12.6 Å². The number of carbonyl (C=O) groups is 1. The molecule has 0 spiro atoms. The molecule has 0 amide bonds. The molecule has 0 unspecified atom stereocenters. The van der Waals surface area contributed by atoms with E-state index in [1.54, 1.807) is 12.1 Å². The molecule has 0 radical (unpaired) electrons. The highest BCUT2D eigenvalue weighted by atomic mass is 19.3. The van der Waals surface area contributed by atoms with E-state index in [-0.39, 0.29) is 11.5 Å². The first kappa shape index (κ1) is 21.9. The molecule has 0 N–H and O–H groups in total. The summed E-state index contributed by atoms with van der Waals surface area (Å²) < 4.78 is 33.8. The van der Waals surface area contributed by atoms with Gasteiger partial charge in [-0.15, -0.1) is 0 Å². The SMILES string of the molecule is CCCCCCCCCc1ccc(C(=O)Oc2ccc(OC(F)F)cc2)cc1. The summed E-state index contributed by atoms with van der Waals surface area (Å²) in [5, 5.41) is 0. The lowest BCUT2D eigenvalue weighted by Crippen LogP contribution is -2.08. The highest BCUT2D eigenvalue weighted by Gasteiger charge is 2.10. The molecule has 0 saturated carbocycles. The third kappa shape index (κ3) is 8.07. The Bertz CT molecular complexity index is 697. The van der Waals surface area contributed by atoms with Gasteiger partial charge >= 0.3 is 12.6 Å². The fourth-order valence-corrected chi connectivity index (χ4v) is 2.95. The van der Waals surface area contributed by atoms with E-state index in [2.05, 4.69) is 11.7 Å². The first-order valence-corrected chi connectivity index (χ1v) is 9.94. The Morgan fingerprint density at radius 2 is 1.39 bits per heavy atom. The van der Waals surface area contributed by atoms with Crippen molar-refractivity contribution in [1.29, 1.82) is 0 Å². The van der Waals surface area contributed by atoms with Gasteiger partial charge in [-0.25, -0.2) is 4.79 Å². The first-order chi connectivity index (χ1) is 13.6. The number of aryl methyl sites for hydroxylation is 1. The summed E-state index contributed by atoms with van der Waals surface area (Å²) in [4.78, 5) is 12.2. The van der Waals surface area contributed by atoms with E-state index in [0.29, 0.717) is 5.56 Å². The third-order valence-corrected chi connectivity index (χ3v) is 4.52. The second kappa shape index (κ2) is 12.1. The number of carbonyl (C=O) groups excluding carboxylic acids is 1. The fourth-order valence-electron chi connectivity index (χ4n) is 2.95. The molecule has 3 nitrogen and oxygen atoms in total. The molecule has 2 aromatic carbocycles. The van der Waals surface area contributed by atoms with Crippen molar-refractivity contribution in [3.8, 4) is 11.5 Å². The number of halogens is 2. The van der Waals surface area contributed by atoms with E-state index < -0.39 is 12.6 Å². The molecule has 0 saturated heterocycles. The van der Waals surface area contributed by atoms with E-state index in [4.69, 9.17) is 4.74 Å². The van der Waals surface area contributed by atoms with Crippen molar-refractivity contribution in [3.05, 3.63) is 59.7 Å². The average Bonchev–Trinajstić information content (AvgIpc) is 2.69. The van der Waals surface area contributed by atoms with Gasteiger partial charge < -0.3 is 9.47 Å². The predicted molar refractivity (Wildman–Crippen MR) is 106 cm³/mol. The lowest BCUT2D eigenvalue weighted by atomic mass is 10.0. The smallest absolute Gasteiger partial charge is 0.387 e. The van der Waals surface area contributed by atoms with Gasteiger partial charge in [0.05, 0.1) is 5.56 Å². The molecule has 0 aliphatic heterocycles. The van der Waals surface area contributed by atoms with Gasteiger partial charge in [-0.05, 0) is 54.8 Å². The fraction of sp³-hybridized carbons (Fsp3) is 0.435. The van der Waals surface area contributed by atoms with Crippen LogP contribution in [0.2, 0.25) is 0 Å². The number of unbranched alkanes of at least 4 members (excludes halogenated alkanes) is 6. The molecule has 0 aliphatic carbocycles. The van der Waals surface area contributed by atoms with Crippen LogP contribution >= 0.6 is 0 Å². The minimum Gasteiger partial charge on any atom is -0.435 e. The Morgan fingerprint density at radius 3 is 2.00 bits per heavy atom. The number of benzene rings is 2. The molecule has 0 heterocycles. The minimum atomic E-state index is -2.88. The van der Waals surface area contributed by atoms with Crippen molar-refractivity contribution in [2.45, 2.75) is 64.9 Å². The average molecular weight is 390 g/mol. The molecule has 2 aromatic rings. The van der Waals surface area contributed by atoms with Crippen molar-refractivity contribution < 1.29 is 23.0 Å². The molecule has 28 heavy (non-hydrogen) atoms. The topological polar surface area (TPSA) is 35.5 Å². The lowest BCUT2D eigenvalue weighted by molar-refractivity contribution is -0.0498. The molecule has 5 heteroatoms. The molecule has 0 aliphatic rings. The maximum absolute atomic E-state index is 12.2. The van der Waals surface area contributed by atoms with Gasteiger partial charge in [0.15, 0.2) is 0 Å². The van der Waals surface area contributed by atoms with Crippen LogP contribution in [0.15, 0.2) is 48.5 Å². The van der Waals surface area contributed by atoms with Gasteiger partial charge in [-0.2, -0.15) is 8.78 Å². The van der Waals surface area contributed by atoms with Gasteiger partial charge in [-0.1, -0.05) is 57.6 Å². The normalized spacial score (nSPS) is 10.9. The second-order valence-electron chi connectivity index (χ2n) is 6.81. The lowest BCUT2D eigenvalue weighted by Gasteiger charge is -2.07. The molecule has 2 rings (SSSR count). The number of hydrogen-bond donors (Lipinski definition) is 0. The second-order valence-corrected chi connectivity index (χ2v) is 6.81. The van der Waals surface area contributed by atoms with E-state index in [1.165, 1.54) is 68.4 Å². The van der Waals surface area contributed by atoms with Crippen molar-refractivity contribution in [2.75, 3.05) is 0 Å². The summed E-state index contributed by atoms with van der Waals surface area (Å²) >= 11 is 0. The van der Waals surface area contributed by atoms with Crippen molar-refractivity contribution >= 4 is 5.97 Å². The van der Waals surface area contributed by atoms with Crippen LogP contribution < -0.4 is 9.47 Å². The number of ether oxygens (including phenoxy) is 2. The maximum Gasteiger partial charge on any atom is 0.387 e. The zero-order valence-electron chi connectivity index (χ0n) is 16.3. The summed E-state index contributed by atoms with van der Waals surface area (Å²) in [5.74, 6) is -0.187. The van der Waals surface area contributed by atoms with E-state index in [1.807, 2.05) is 12.1 Å². The third-order valence-electron chi connectivity index (χ3n) is 4.52. The van der Waals surface area contributed by atoms with Gasteiger partial charge in [0.1, 0.15) is 11.5 Å². The number of hydrogen-bond acceptors (Lipinski definition) is 3. The Labute approximate surface area is 165 Å². The van der Waals surface area contributed by atoms with E-state index >= 15 is 0 Å².